The van der Waals surface area contributed by atoms with Crippen LogP contribution in [-0.2, 0) is 14.8 Å². The van der Waals surface area contributed by atoms with E-state index in [1.54, 1.807) is 30.3 Å². The summed E-state index contributed by atoms with van der Waals surface area (Å²) in [6.45, 7) is 3.98. The van der Waals surface area contributed by atoms with Crippen LogP contribution in [0.25, 0.3) is 6.08 Å². The Kier molecular flexibility index (Phi) is 5.90. The summed E-state index contributed by atoms with van der Waals surface area (Å²) in [6, 6.07) is 13.5. The summed E-state index contributed by atoms with van der Waals surface area (Å²) in [5.41, 5.74) is 6.74. The normalized spacial score (nSPS) is 17.1. The largest absolute Gasteiger partial charge is 0.324 e. The van der Waals surface area contributed by atoms with Gasteiger partial charge in [0.05, 0.1) is 10.6 Å². The molecule has 1 heterocycles. The SMILES string of the molecule is C=Cc1ccc(NC(=O)C2(N)CCN(S(=O)(=O)c3ccccc3Cl)CC2)cc1. The maximum atomic E-state index is 12.8. The summed E-state index contributed by atoms with van der Waals surface area (Å²) in [5.74, 6) is -0.325. The number of nitrogens with two attached hydrogens (primary N) is 1. The molecule has 0 saturated carbocycles. The van der Waals surface area contributed by atoms with Gasteiger partial charge in [-0.3, -0.25) is 4.79 Å². The second-order valence-corrected chi connectivity index (χ2v) is 9.08. The molecule has 0 atom stereocenters. The van der Waals surface area contributed by atoms with Crippen molar-refractivity contribution in [3.63, 3.8) is 0 Å². The third-order valence-electron chi connectivity index (χ3n) is 4.93. The second kappa shape index (κ2) is 8.05. The molecule has 1 fully saturated rings. The highest BCUT2D eigenvalue weighted by Gasteiger charge is 2.41. The van der Waals surface area contributed by atoms with Gasteiger partial charge in [0.1, 0.15) is 4.90 Å². The molecule has 0 bridgehead atoms. The van der Waals surface area contributed by atoms with E-state index < -0.39 is 15.6 Å². The van der Waals surface area contributed by atoms with Crippen LogP contribution in [0.5, 0.6) is 0 Å². The Morgan fingerprint density at radius 2 is 1.75 bits per heavy atom. The molecule has 8 heteroatoms. The number of benzene rings is 2. The molecular weight excluding hydrogens is 398 g/mol. The van der Waals surface area contributed by atoms with Crippen molar-refractivity contribution in [2.75, 3.05) is 18.4 Å². The molecule has 1 saturated heterocycles. The van der Waals surface area contributed by atoms with Crippen molar-refractivity contribution >= 4 is 39.3 Å². The van der Waals surface area contributed by atoms with E-state index >= 15 is 0 Å². The molecule has 148 valence electrons. The zero-order valence-corrected chi connectivity index (χ0v) is 16.8. The van der Waals surface area contributed by atoms with Crippen molar-refractivity contribution in [1.82, 2.24) is 4.31 Å². The molecule has 3 N–H and O–H groups in total. The summed E-state index contributed by atoms with van der Waals surface area (Å²) in [4.78, 5) is 12.7. The Bertz CT molecular complexity index is 982. The first-order valence-corrected chi connectivity index (χ1v) is 10.7. The lowest BCUT2D eigenvalue weighted by Crippen LogP contribution is -2.58. The van der Waals surface area contributed by atoms with Gasteiger partial charge in [0.25, 0.3) is 0 Å². The Morgan fingerprint density at radius 1 is 1.14 bits per heavy atom. The average Bonchev–Trinajstić information content (AvgIpc) is 2.69. The van der Waals surface area contributed by atoms with Crippen molar-refractivity contribution in [2.24, 2.45) is 5.73 Å². The zero-order chi connectivity index (χ0) is 20.4. The van der Waals surface area contributed by atoms with Crippen molar-refractivity contribution < 1.29 is 13.2 Å². The second-order valence-electron chi connectivity index (χ2n) is 6.77. The fourth-order valence-electron chi connectivity index (χ4n) is 3.10. The van der Waals surface area contributed by atoms with Crippen molar-refractivity contribution in [3.05, 3.63) is 65.7 Å². The van der Waals surface area contributed by atoms with Gasteiger partial charge in [-0.05, 0) is 42.7 Å². The van der Waals surface area contributed by atoms with Gasteiger partial charge in [0, 0.05) is 18.8 Å². The molecule has 6 nitrogen and oxygen atoms in total. The third kappa shape index (κ3) is 4.12. The standard InChI is InChI=1S/C20H22ClN3O3S/c1-2-15-7-9-16(10-8-15)23-19(25)20(22)11-13-24(14-12-20)28(26,27)18-6-4-3-5-17(18)21/h2-10H,1,11-14,22H2,(H,23,25). The molecule has 1 aliphatic rings. The van der Waals surface area contributed by atoms with Crippen LogP contribution in [0.4, 0.5) is 5.69 Å². The minimum Gasteiger partial charge on any atom is -0.324 e. The van der Waals surface area contributed by atoms with Crippen LogP contribution < -0.4 is 11.1 Å². The number of nitrogens with zero attached hydrogens (tertiary/aromatic N) is 1. The number of halogens is 1. The predicted octanol–water partition coefficient (Wildman–Crippen LogP) is 3.10. The fraction of sp³-hybridized carbons (Fsp3) is 0.250. The molecular formula is C20H22ClN3O3S. The lowest BCUT2D eigenvalue weighted by atomic mass is 9.88. The van der Waals surface area contributed by atoms with Gasteiger partial charge in [-0.15, -0.1) is 0 Å². The summed E-state index contributed by atoms with van der Waals surface area (Å²) in [7, 11) is -3.73. The van der Waals surface area contributed by atoms with E-state index in [4.69, 9.17) is 17.3 Å². The number of hydrogen-bond donors (Lipinski definition) is 2. The number of rotatable bonds is 5. The van der Waals surface area contributed by atoms with Crippen LogP contribution in [0.2, 0.25) is 5.02 Å². The zero-order valence-electron chi connectivity index (χ0n) is 15.3. The maximum absolute atomic E-state index is 12.8. The lowest BCUT2D eigenvalue weighted by Gasteiger charge is -2.37. The van der Waals surface area contributed by atoms with E-state index in [-0.39, 0.29) is 41.8 Å². The highest BCUT2D eigenvalue weighted by Crippen LogP contribution is 2.29. The molecule has 0 radical (unpaired) electrons. The van der Waals surface area contributed by atoms with E-state index in [2.05, 4.69) is 11.9 Å². The van der Waals surface area contributed by atoms with Crippen LogP contribution in [0.15, 0.2) is 60.0 Å². The Labute approximate surface area is 170 Å². The first-order chi connectivity index (χ1) is 13.3. The van der Waals surface area contributed by atoms with Crippen LogP contribution in [0.1, 0.15) is 18.4 Å². The quantitative estimate of drug-likeness (QED) is 0.778. The van der Waals surface area contributed by atoms with E-state index in [9.17, 15) is 13.2 Å². The molecule has 1 amide bonds. The highest BCUT2D eigenvalue weighted by molar-refractivity contribution is 7.89. The first kappa shape index (κ1) is 20.5. The van der Waals surface area contributed by atoms with Gasteiger partial charge in [-0.2, -0.15) is 4.31 Å². The Balaban J connectivity index is 1.68. The first-order valence-electron chi connectivity index (χ1n) is 8.84. The maximum Gasteiger partial charge on any atom is 0.244 e. The minimum absolute atomic E-state index is 0.0629. The number of carbonyl (C=O) groups is 1. The summed E-state index contributed by atoms with van der Waals surface area (Å²) in [6.07, 6.45) is 2.14. The molecule has 0 spiro atoms. The number of anilines is 1. The molecule has 2 aromatic rings. The van der Waals surface area contributed by atoms with Crippen molar-refractivity contribution in [3.8, 4) is 0 Å². The number of piperidine rings is 1. The molecule has 3 rings (SSSR count). The highest BCUT2D eigenvalue weighted by atomic mass is 35.5. The summed E-state index contributed by atoms with van der Waals surface area (Å²) < 4.78 is 27.0. The smallest absolute Gasteiger partial charge is 0.244 e. The molecule has 0 unspecified atom stereocenters. The van der Waals surface area contributed by atoms with Gasteiger partial charge >= 0.3 is 0 Å². The van der Waals surface area contributed by atoms with Crippen molar-refractivity contribution in [1.29, 1.82) is 0 Å². The molecule has 1 aliphatic heterocycles. The van der Waals surface area contributed by atoms with E-state index in [1.165, 1.54) is 16.4 Å². The van der Waals surface area contributed by atoms with Gasteiger partial charge in [0.15, 0.2) is 0 Å². The van der Waals surface area contributed by atoms with Crippen molar-refractivity contribution in [2.45, 2.75) is 23.3 Å². The summed E-state index contributed by atoms with van der Waals surface area (Å²) >= 11 is 6.05. The molecule has 0 aromatic heterocycles. The van der Waals surface area contributed by atoms with Crippen LogP contribution in [-0.4, -0.2) is 37.3 Å². The monoisotopic (exact) mass is 419 g/mol. The van der Waals surface area contributed by atoms with Crippen LogP contribution >= 0.6 is 11.6 Å². The van der Waals surface area contributed by atoms with Gasteiger partial charge < -0.3 is 11.1 Å². The van der Waals surface area contributed by atoms with Crippen LogP contribution in [0.3, 0.4) is 0 Å². The van der Waals surface area contributed by atoms with Crippen LogP contribution in [0, 0.1) is 0 Å². The van der Waals surface area contributed by atoms with Gasteiger partial charge in [0.2, 0.25) is 15.9 Å². The number of sulfonamides is 1. The Morgan fingerprint density at radius 3 is 2.32 bits per heavy atom. The molecule has 0 aliphatic carbocycles. The number of nitrogens with one attached hydrogen (secondary N) is 1. The van der Waals surface area contributed by atoms with E-state index in [0.29, 0.717) is 5.69 Å². The van der Waals surface area contributed by atoms with Gasteiger partial charge in [-0.25, -0.2) is 8.42 Å². The average molecular weight is 420 g/mol. The summed E-state index contributed by atoms with van der Waals surface area (Å²) in [5, 5.41) is 2.98. The molecule has 28 heavy (non-hydrogen) atoms. The Hall–Kier alpha value is -2.19. The number of hydrogen-bond acceptors (Lipinski definition) is 4. The topological polar surface area (TPSA) is 92.5 Å². The van der Waals surface area contributed by atoms with E-state index in [1.807, 2.05) is 12.1 Å². The number of amides is 1. The van der Waals surface area contributed by atoms with E-state index in [0.717, 1.165) is 5.56 Å². The lowest BCUT2D eigenvalue weighted by molar-refractivity contribution is -0.122. The predicted molar refractivity (Wildman–Crippen MR) is 112 cm³/mol. The molecule has 2 aromatic carbocycles. The minimum atomic E-state index is -3.73. The number of carbonyl (C=O) groups excluding carboxylic acids is 1. The third-order valence-corrected chi connectivity index (χ3v) is 7.32. The fourth-order valence-corrected chi connectivity index (χ4v) is 5.04. The van der Waals surface area contributed by atoms with Gasteiger partial charge in [-0.1, -0.05) is 48.5 Å².